The Kier molecular flexibility index (Phi) is 6.50. The summed E-state index contributed by atoms with van der Waals surface area (Å²) >= 11 is 3.13. The number of nitro benzene ring substituents is 1. The van der Waals surface area contributed by atoms with Crippen molar-refractivity contribution in [1.82, 2.24) is 0 Å². The molecule has 0 fully saturated rings. The number of nitrogens with zero attached hydrogens (tertiary/aromatic N) is 1. The van der Waals surface area contributed by atoms with Gasteiger partial charge in [-0.25, -0.2) is 4.79 Å². The molecule has 2 rings (SSSR count). The maximum Gasteiger partial charge on any atom is 0.331 e. The molecule has 0 aliphatic carbocycles. The van der Waals surface area contributed by atoms with E-state index in [2.05, 4.69) is 21.2 Å². The maximum absolute atomic E-state index is 11.9. The Morgan fingerprint density at radius 2 is 2.12 bits per heavy atom. The van der Waals surface area contributed by atoms with E-state index in [0.717, 1.165) is 6.08 Å². The Labute approximate surface area is 155 Å². The number of amides is 1. The predicted molar refractivity (Wildman–Crippen MR) is 94.7 cm³/mol. The van der Waals surface area contributed by atoms with Crippen LogP contribution in [0.3, 0.4) is 0 Å². The van der Waals surface area contributed by atoms with Crippen LogP contribution in [0, 0.1) is 10.1 Å². The van der Waals surface area contributed by atoms with Crippen LogP contribution in [0.25, 0.3) is 6.08 Å². The second-order valence-electron chi connectivity index (χ2n) is 4.77. The summed E-state index contributed by atoms with van der Waals surface area (Å²) in [6.07, 6.45) is 2.51. The van der Waals surface area contributed by atoms with Crippen LogP contribution in [0.2, 0.25) is 0 Å². The minimum Gasteiger partial charge on any atom is -0.494 e. The van der Waals surface area contributed by atoms with Crippen molar-refractivity contribution >= 4 is 45.3 Å². The molecule has 0 bridgehead atoms. The van der Waals surface area contributed by atoms with Crippen LogP contribution in [0.4, 0.5) is 11.4 Å². The van der Waals surface area contributed by atoms with Gasteiger partial charge in [0.25, 0.3) is 11.6 Å². The van der Waals surface area contributed by atoms with Crippen LogP contribution in [-0.2, 0) is 14.3 Å². The molecular formula is C16H13BrN2O7. The summed E-state index contributed by atoms with van der Waals surface area (Å²) in [7, 11) is 1.31. The fourth-order valence-electron chi connectivity index (χ4n) is 1.84. The number of anilines is 1. The van der Waals surface area contributed by atoms with E-state index in [1.54, 1.807) is 12.1 Å². The topological polar surface area (TPSA) is 121 Å². The number of esters is 1. The molecule has 10 heteroatoms. The number of furan rings is 1. The van der Waals surface area contributed by atoms with Gasteiger partial charge in [-0.15, -0.1) is 0 Å². The molecule has 0 unspecified atom stereocenters. The van der Waals surface area contributed by atoms with Gasteiger partial charge in [-0.1, -0.05) is 0 Å². The monoisotopic (exact) mass is 424 g/mol. The first-order chi connectivity index (χ1) is 12.4. The lowest BCUT2D eigenvalue weighted by atomic mass is 10.2. The largest absolute Gasteiger partial charge is 0.494 e. The van der Waals surface area contributed by atoms with Gasteiger partial charge in [-0.2, -0.15) is 0 Å². The van der Waals surface area contributed by atoms with Crippen molar-refractivity contribution in [3.8, 4) is 5.75 Å². The number of hydrogen-bond acceptors (Lipinski definition) is 7. The van der Waals surface area contributed by atoms with Crippen LogP contribution >= 0.6 is 15.9 Å². The third-order valence-corrected chi connectivity index (χ3v) is 3.42. The summed E-state index contributed by atoms with van der Waals surface area (Å²) in [6, 6.07) is 7.02. The van der Waals surface area contributed by atoms with Crippen molar-refractivity contribution in [3.05, 3.63) is 57.0 Å². The highest BCUT2D eigenvalue weighted by atomic mass is 79.9. The van der Waals surface area contributed by atoms with Crippen LogP contribution in [-0.4, -0.2) is 30.5 Å². The first-order valence-corrected chi connectivity index (χ1v) is 7.91. The van der Waals surface area contributed by atoms with Gasteiger partial charge < -0.3 is 19.2 Å². The predicted octanol–water partition coefficient (Wildman–Crippen LogP) is 3.15. The number of nitrogens with one attached hydrogen (secondary N) is 1. The number of hydrogen-bond donors (Lipinski definition) is 1. The first-order valence-electron chi connectivity index (χ1n) is 7.11. The minimum absolute atomic E-state index is 0.113. The van der Waals surface area contributed by atoms with Crippen LogP contribution < -0.4 is 10.1 Å². The summed E-state index contributed by atoms with van der Waals surface area (Å²) in [5.41, 5.74) is 0.0381. The number of rotatable bonds is 7. The van der Waals surface area contributed by atoms with Gasteiger partial charge in [0.1, 0.15) is 11.5 Å². The number of ether oxygens (including phenoxy) is 2. The molecule has 0 saturated heterocycles. The molecule has 1 N–H and O–H groups in total. The molecule has 26 heavy (non-hydrogen) atoms. The number of halogens is 1. The van der Waals surface area contributed by atoms with Gasteiger partial charge in [0, 0.05) is 12.1 Å². The Morgan fingerprint density at radius 3 is 2.73 bits per heavy atom. The highest BCUT2D eigenvalue weighted by Crippen LogP contribution is 2.28. The summed E-state index contributed by atoms with van der Waals surface area (Å²) in [6.45, 7) is -0.537. The molecule has 0 radical (unpaired) electrons. The number of carbonyl (C=O) groups is 2. The number of benzene rings is 1. The summed E-state index contributed by atoms with van der Waals surface area (Å²) in [5, 5.41) is 13.2. The third-order valence-electron chi connectivity index (χ3n) is 2.99. The maximum atomic E-state index is 11.9. The fraction of sp³-hybridized carbons (Fsp3) is 0.125. The molecule has 2 aromatic rings. The molecule has 1 aromatic heterocycles. The second kappa shape index (κ2) is 8.81. The van der Waals surface area contributed by atoms with Gasteiger partial charge in [0.15, 0.2) is 11.3 Å². The number of carbonyl (C=O) groups excluding carboxylic acids is 2. The van der Waals surface area contributed by atoms with Gasteiger partial charge in [-0.05, 0) is 40.2 Å². The number of non-ortho nitro benzene ring substituents is 1. The van der Waals surface area contributed by atoms with Crippen molar-refractivity contribution in [3.63, 3.8) is 0 Å². The fourth-order valence-corrected chi connectivity index (χ4v) is 2.15. The zero-order valence-corrected chi connectivity index (χ0v) is 15.0. The number of nitro groups is 1. The molecule has 136 valence electrons. The van der Waals surface area contributed by atoms with E-state index in [1.807, 2.05) is 0 Å². The van der Waals surface area contributed by atoms with E-state index in [-0.39, 0.29) is 17.1 Å². The van der Waals surface area contributed by atoms with Crippen LogP contribution in [0.1, 0.15) is 5.76 Å². The molecule has 0 saturated carbocycles. The van der Waals surface area contributed by atoms with Gasteiger partial charge in [-0.3, -0.25) is 14.9 Å². The van der Waals surface area contributed by atoms with Crippen molar-refractivity contribution in [2.45, 2.75) is 0 Å². The average Bonchev–Trinajstić information content (AvgIpc) is 3.03. The van der Waals surface area contributed by atoms with Crippen molar-refractivity contribution in [2.24, 2.45) is 0 Å². The highest BCUT2D eigenvalue weighted by molar-refractivity contribution is 9.10. The average molecular weight is 425 g/mol. The van der Waals surface area contributed by atoms with E-state index >= 15 is 0 Å². The van der Waals surface area contributed by atoms with Gasteiger partial charge >= 0.3 is 5.97 Å². The minimum atomic E-state index is -0.733. The van der Waals surface area contributed by atoms with Gasteiger partial charge in [0.2, 0.25) is 0 Å². The standard InChI is InChI=1S/C16H13BrN2O7/c1-24-13-8-10(19(22)23)2-5-12(13)18-15(20)9-25-16(21)7-4-11-3-6-14(17)26-11/h2-8H,9H2,1H3,(H,18,20). The van der Waals surface area contributed by atoms with Crippen molar-refractivity contribution in [1.29, 1.82) is 0 Å². The highest BCUT2D eigenvalue weighted by Gasteiger charge is 2.14. The first kappa shape index (κ1) is 19.2. The summed E-state index contributed by atoms with van der Waals surface area (Å²) in [5.74, 6) is -0.806. The smallest absolute Gasteiger partial charge is 0.331 e. The van der Waals surface area contributed by atoms with E-state index < -0.39 is 23.4 Å². The lowest BCUT2D eigenvalue weighted by Crippen LogP contribution is -2.20. The van der Waals surface area contributed by atoms with E-state index in [9.17, 15) is 19.7 Å². The molecule has 1 aromatic carbocycles. The van der Waals surface area contributed by atoms with Crippen molar-refractivity contribution < 1.29 is 28.4 Å². The van der Waals surface area contributed by atoms with E-state index in [0.29, 0.717) is 10.4 Å². The molecule has 0 aliphatic rings. The van der Waals surface area contributed by atoms with Crippen LogP contribution in [0.5, 0.6) is 5.75 Å². The SMILES string of the molecule is COc1cc([N+](=O)[O-])ccc1NC(=O)COC(=O)C=Cc1ccc(Br)o1. The lowest BCUT2D eigenvalue weighted by molar-refractivity contribution is -0.384. The Hall–Kier alpha value is -3.14. The summed E-state index contributed by atoms with van der Waals surface area (Å²) < 4.78 is 15.5. The normalized spacial score (nSPS) is 10.5. The summed E-state index contributed by atoms with van der Waals surface area (Å²) in [4.78, 5) is 33.6. The molecule has 0 aliphatic heterocycles. The zero-order chi connectivity index (χ0) is 19.1. The second-order valence-corrected chi connectivity index (χ2v) is 5.55. The molecule has 1 heterocycles. The van der Waals surface area contributed by atoms with E-state index in [4.69, 9.17) is 13.9 Å². The van der Waals surface area contributed by atoms with Crippen LogP contribution in [0.15, 0.2) is 45.5 Å². The molecular weight excluding hydrogens is 412 g/mol. The number of methoxy groups -OCH3 is 1. The Morgan fingerprint density at radius 1 is 1.35 bits per heavy atom. The third kappa shape index (κ3) is 5.45. The Bertz CT molecular complexity index is 860. The Balaban J connectivity index is 1.89. The molecule has 1 amide bonds. The molecule has 0 atom stereocenters. The van der Waals surface area contributed by atoms with Crippen molar-refractivity contribution in [2.75, 3.05) is 19.0 Å². The quantitative estimate of drug-likeness (QED) is 0.313. The van der Waals surface area contributed by atoms with E-state index in [1.165, 1.54) is 31.4 Å². The molecule has 0 spiro atoms. The van der Waals surface area contributed by atoms with Gasteiger partial charge in [0.05, 0.1) is 23.8 Å². The lowest BCUT2D eigenvalue weighted by Gasteiger charge is -2.09. The zero-order valence-electron chi connectivity index (χ0n) is 13.4. The molecule has 9 nitrogen and oxygen atoms in total.